The Labute approximate surface area is 72.7 Å². The lowest BCUT2D eigenvalue weighted by atomic mass is 9.89. The van der Waals surface area contributed by atoms with Crippen molar-refractivity contribution in [2.24, 2.45) is 11.7 Å². The van der Waals surface area contributed by atoms with Crippen molar-refractivity contribution in [2.45, 2.75) is 44.2 Å². The van der Waals surface area contributed by atoms with Gasteiger partial charge in [0.15, 0.2) is 0 Å². The zero-order valence-corrected chi connectivity index (χ0v) is 7.25. The molecule has 12 heavy (non-hydrogen) atoms. The van der Waals surface area contributed by atoms with E-state index >= 15 is 0 Å². The Morgan fingerprint density at radius 3 is 2.42 bits per heavy atom. The first kappa shape index (κ1) is 8.05. The second-order valence-corrected chi connectivity index (χ2v) is 4.15. The van der Waals surface area contributed by atoms with Gasteiger partial charge in [0.2, 0.25) is 5.91 Å². The van der Waals surface area contributed by atoms with E-state index in [0.29, 0.717) is 24.4 Å². The number of hydrogen-bond donors (Lipinski definition) is 2. The number of primary amides is 1. The van der Waals surface area contributed by atoms with E-state index in [9.17, 15) is 4.79 Å². The maximum atomic E-state index is 10.7. The fourth-order valence-electron chi connectivity index (χ4n) is 2.63. The average Bonchev–Trinajstić information content (AvgIpc) is 2.29. The van der Waals surface area contributed by atoms with E-state index in [2.05, 4.69) is 5.32 Å². The first-order valence-corrected chi connectivity index (χ1v) is 4.78. The minimum atomic E-state index is -0.138. The van der Waals surface area contributed by atoms with Crippen molar-refractivity contribution in [3.63, 3.8) is 0 Å². The van der Waals surface area contributed by atoms with Crippen LogP contribution in [0.1, 0.15) is 32.1 Å². The molecule has 2 aliphatic heterocycles. The van der Waals surface area contributed by atoms with Crippen LogP contribution >= 0.6 is 0 Å². The van der Waals surface area contributed by atoms with Gasteiger partial charge in [-0.1, -0.05) is 0 Å². The first-order valence-electron chi connectivity index (χ1n) is 4.78. The minimum Gasteiger partial charge on any atom is -0.370 e. The zero-order valence-electron chi connectivity index (χ0n) is 7.25. The van der Waals surface area contributed by atoms with Crippen molar-refractivity contribution >= 4 is 5.91 Å². The lowest BCUT2D eigenvalue weighted by Crippen LogP contribution is -2.39. The first-order chi connectivity index (χ1) is 5.74. The van der Waals surface area contributed by atoms with Gasteiger partial charge in [0.25, 0.3) is 0 Å². The van der Waals surface area contributed by atoms with Gasteiger partial charge >= 0.3 is 0 Å². The van der Waals surface area contributed by atoms with Crippen molar-refractivity contribution in [2.75, 3.05) is 0 Å². The van der Waals surface area contributed by atoms with Gasteiger partial charge in [-0.05, 0) is 31.6 Å². The second-order valence-electron chi connectivity index (χ2n) is 4.15. The maximum Gasteiger partial charge on any atom is 0.217 e. The highest BCUT2D eigenvalue weighted by Gasteiger charge is 2.33. The standard InChI is InChI=1S/C9H16N2O/c10-9(12)5-6-3-7-1-2-8(4-6)11-7/h6-8,11H,1-5H2,(H2,10,12)/t6?,7-,8+. The topological polar surface area (TPSA) is 55.1 Å². The van der Waals surface area contributed by atoms with E-state index in [-0.39, 0.29) is 5.91 Å². The number of piperidine rings is 1. The molecule has 2 fully saturated rings. The van der Waals surface area contributed by atoms with E-state index in [1.54, 1.807) is 0 Å². The number of carbonyl (C=O) groups is 1. The molecule has 0 aromatic rings. The number of nitrogens with two attached hydrogens (primary N) is 1. The molecule has 2 bridgehead atoms. The van der Waals surface area contributed by atoms with Crippen LogP contribution in [-0.2, 0) is 4.79 Å². The van der Waals surface area contributed by atoms with E-state index in [4.69, 9.17) is 5.73 Å². The quantitative estimate of drug-likeness (QED) is 0.626. The number of amides is 1. The summed E-state index contributed by atoms with van der Waals surface area (Å²) in [5.74, 6) is 0.419. The number of nitrogens with one attached hydrogen (secondary N) is 1. The van der Waals surface area contributed by atoms with Gasteiger partial charge < -0.3 is 11.1 Å². The predicted molar refractivity (Wildman–Crippen MR) is 46.5 cm³/mol. The van der Waals surface area contributed by atoms with E-state index in [1.807, 2.05) is 0 Å². The summed E-state index contributed by atoms with van der Waals surface area (Å²) in [5.41, 5.74) is 5.18. The Kier molecular flexibility index (Phi) is 2.05. The summed E-state index contributed by atoms with van der Waals surface area (Å²) in [6.45, 7) is 0. The Bertz CT molecular complexity index is 181. The van der Waals surface area contributed by atoms with Gasteiger partial charge in [0.05, 0.1) is 0 Å². The predicted octanol–water partition coefficient (Wildman–Crippen LogP) is 0.392. The van der Waals surface area contributed by atoms with Gasteiger partial charge in [0.1, 0.15) is 0 Å². The van der Waals surface area contributed by atoms with Crippen LogP contribution in [0.3, 0.4) is 0 Å². The molecular formula is C9H16N2O. The molecule has 2 aliphatic rings. The third-order valence-corrected chi connectivity index (χ3v) is 3.06. The summed E-state index contributed by atoms with van der Waals surface area (Å²) in [7, 11) is 0. The van der Waals surface area contributed by atoms with Gasteiger partial charge in [-0.15, -0.1) is 0 Å². The third kappa shape index (κ3) is 1.61. The molecule has 0 aliphatic carbocycles. The molecule has 3 atom stereocenters. The molecule has 1 amide bonds. The molecule has 0 aromatic heterocycles. The molecule has 3 heteroatoms. The Morgan fingerprint density at radius 1 is 1.33 bits per heavy atom. The van der Waals surface area contributed by atoms with Crippen molar-refractivity contribution in [1.29, 1.82) is 0 Å². The van der Waals surface area contributed by atoms with E-state index in [0.717, 1.165) is 12.8 Å². The highest BCUT2D eigenvalue weighted by Crippen LogP contribution is 2.32. The summed E-state index contributed by atoms with van der Waals surface area (Å²) in [6, 6.07) is 1.35. The zero-order chi connectivity index (χ0) is 8.55. The smallest absolute Gasteiger partial charge is 0.217 e. The summed E-state index contributed by atoms with van der Waals surface area (Å²) >= 11 is 0. The maximum absolute atomic E-state index is 10.7. The van der Waals surface area contributed by atoms with Crippen LogP contribution in [0.5, 0.6) is 0 Å². The van der Waals surface area contributed by atoms with Crippen LogP contribution in [0.2, 0.25) is 0 Å². The minimum absolute atomic E-state index is 0.138. The van der Waals surface area contributed by atoms with Crippen molar-refractivity contribution in [3.8, 4) is 0 Å². The average molecular weight is 168 g/mol. The number of rotatable bonds is 2. The Morgan fingerprint density at radius 2 is 1.92 bits per heavy atom. The molecule has 0 spiro atoms. The summed E-state index contributed by atoms with van der Waals surface area (Å²) < 4.78 is 0. The number of carbonyl (C=O) groups excluding carboxylic acids is 1. The van der Waals surface area contributed by atoms with Crippen LogP contribution in [0.4, 0.5) is 0 Å². The lowest BCUT2D eigenvalue weighted by molar-refractivity contribution is -0.119. The van der Waals surface area contributed by atoms with Crippen LogP contribution in [0.15, 0.2) is 0 Å². The van der Waals surface area contributed by atoms with Gasteiger partial charge in [-0.3, -0.25) is 4.79 Å². The molecular weight excluding hydrogens is 152 g/mol. The molecule has 0 saturated carbocycles. The molecule has 2 saturated heterocycles. The van der Waals surface area contributed by atoms with Crippen molar-refractivity contribution in [1.82, 2.24) is 5.32 Å². The molecule has 3 N–H and O–H groups in total. The van der Waals surface area contributed by atoms with Crippen molar-refractivity contribution in [3.05, 3.63) is 0 Å². The Hall–Kier alpha value is -0.570. The van der Waals surface area contributed by atoms with Gasteiger partial charge in [0, 0.05) is 18.5 Å². The van der Waals surface area contributed by atoms with Crippen LogP contribution in [0, 0.1) is 5.92 Å². The van der Waals surface area contributed by atoms with E-state index < -0.39 is 0 Å². The van der Waals surface area contributed by atoms with Crippen LogP contribution in [0.25, 0.3) is 0 Å². The number of fused-ring (bicyclic) bond motifs is 2. The third-order valence-electron chi connectivity index (χ3n) is 3.06. The van der Waals surface area contributed by atoms with E-state index in [1.165, 1.54) is 12.8 Å². The lowest BCUT2D eigenvalue weighted by Gasteiger charge is -2.28. The molecule has 1 unspecified atom stereocenters. The Balaban J connectivity index is 1.89. The molecule has 2 heterocycles. The molecule has 0 radical (unpaired) electrons. The highest BCUT2D eigenvalue weighted by molar-refractivity contribution is 5.74. The van der Waals surface area contributed by atoms with Gasteiger partial charge in [-0.2, -0.15) is 0 Å². The normalized spacial score (nSPS) is 39.8. The molecule has 3 nitrogen and oxygen atoms in total. The largest absolute Gasteiger partial charge is 0.370 e. The molecule has 68 valence electrons. The fourth-order valence-corrected chi connectivity index (χ4v) is 2.63. The summed E-state index contributed by atoms with van der Waals surface area (Å²) in [6.07, 6.45) is 5.48. The molecule has 0 aromatic carbocycles. The van der Waals surface area contributed by atoms with Gasteiger partial charge in [-0.25, -0.2) is 0 Å². The van der Waals surface area contributed by atoms with Crippen molar-refractivity contribution < 1.29 is 4.79 Å². The molecule has 2 rings (SSSR count). The fraction of sp³-hybridized carbons (Fsp3) is 0.889. The summed E-state index contributed by atoms with van der Waals surface area (Å²) in [5, 5.41) is 3.54. The second kappa shape index (κ2) is 3.05. The van der Waals surface area contributed by atoms with Crippen LogP contribution < -0.4 is 11.1 Å². The monoisotopic (exact) mass is 168 g/mol. The van der Waals surface area contributed by atoms with Crippen LogP contribution in [-0.4, -0.2) is 18.0 Å². The summed E-state index contributed by atoms with van der Waals surface area (Å²) in [4.78, 5) is 10.7. The highest BCUT2D eigenvalue weighted by atomic mass is 16.1. The number of hydrogen-bond acceptors (Lipinski definition) is 2. The SMILES string of the molecule is NC(=O)CC1C[C@H]2CC[C@@H](C1)N2.